The van der Waals surface area contributed by atoms with Gasteiger partial charge in [-0.2, -0.15) is 15.5 Å². The van der Waals surface area contributed by atoms with Gasteiger partial charge in [-0.3, -0.25) is 9.48 Å². The van der Waals surface area contributed by atoms with E-state index < -0.39 is 0 Å². The molecule has 36 heavy (non-hydrogen) atoms. The maximum absolute atomic E-state index is 12.4. The van der Waals surface area contributed by atoms with E-state index in [1.165, 1.54) is 0 Å². The van der Waals surface area contributed by atoms with Gasteiger partial charge in [-0.05, 0) is 25.1 Å². The van der Waals surface area contributed by atoms with Crippen LogP contribution in [-0.2, 0) is 11.8 Å². The number of hydrogen-bond donors (Lipinski definition) is 0. The summed E-state index contributed by atoms with van der Waals surface area (Å²) in [4.78, 5) is 21.3. The maximum Gasteiger partial charge on any atom is 0.229 e. The molecule has 0 N–H and O–H groups in total. The molecule has 4 aromatic rings. The van der Waals surface area contributed by atoms with Crippen LogP contribution in [0.25, 0.3) is 27.8 Å². The second-order valence-corrected chi connectivity index (χ2v) is 9.11. The summed E-state index contributed by atoms with van der Waals surface area (Å²) in [7, 11) is 1.92. The third-order valence-corrected chi connectivity index (χ3v) is 7.00. The Hall–Kier alpha value is -4.45. The molecular formula is C27H28N8O. The van der Waals surface area contributed by atoms with E-state index in [2.05, 4.69) is 33.8 Å². The van der Waals surface area contributed by atoms with Crippen molar-refractivity contribution in [1.29, 1.82) is 5.26 Å². The SMILES string of the molecule is C=CC(C)C(=O)N1CCN(c2ccc(-c3cc(-c4cnn(C)c4C)cn4ncc(C#N)c34)cn2)CC1. The first-order valence-electron chi connectivity index (χ1n) is 11.9. The number of nitriles is 1. The van der Waals surface area contributed by atoms with Crippen molar-refractivity contribution in [2.75, 3.05) is 31.1 Å². The molecule has 1 fully saturated rings. The lowest BCUT2D eigenvalue weighted by Gasteiger charge is -2.36. The van der Waals surface area contributed by atoms with E-state index in [9.17, 15) is 10.1 Å². The fourth-order valence-electron chi connectivity index (χ4n) is 4.63. The van der Waals surface area contributed by atoms with Crippen molar-refractivity contribution in [2.45, 2.75) is 13.8 Å². The van der Waals surface area contributed by atoms with Gasteiger partial charge >= 0.3 is 0 Å². The third-order valence-electron chi connectivity index (χ3n) is 7.00. The summed E-state index contributed by atoms with van der Waals surface area (Å²) < 4.78 is 3.59. The molecule has 0 aliphatic carbocycles. The molecular weight excluding hydrogens is 452 g/mol. The summed E-state index contributed by atoms with van der Waals surface area (Å²) in [5.41, 5.74) is 6.07. The van der Waals surface area contributed by atoms with Gasteiger partial charge in [0.15, 0.2) is 0 Å². The van der Waals surface area contributed by atoms with Gasteiger partial charge in [-0.25, -0.2) is 9.50 Å². The molecule has 5 heterocycles. The number of fused-ring (bicyclic) bond motifs is 1. The predicted octanol–water partition coefficient (Wildman–Crippen LogP) is 3.45. The van der Waals surface area contributed by atoms with Crippen LogP contribution in [0.1, 0.15) is 18.2 Å². The molecule has 4 aromatic heterocycles. The van der Waals surface area contributed by atoms with Crippen LogP contribution in [0.5, 0.6) is 0 Å². The fraction of sp³-hybridized carbons (Fsp3) is 0.296. The molecule has 9 nitrogen and oxygen atoms in total. The van der Waals surface area contributed by atoms with E-state index in [1.807, 2.05) is 61.2 Å². The molecule has 1 unspecified atom stereocenters. The largest absolute Gasteiger partial charge is 0.353 e. The Balaban J connectivity index is 1.45. The van der Waals surface area contributed by atoms with Crippen LogP contribution in [0.15, 0.2) is 55.6 Å². The molecule has 1 amide bonds. The number of carbonyl (C=O) groups is 1. The average Bonchev–Trinajstić information content (AvgIpc) is 3.49. The summed E-state index contributed by atoms with van der Waals surface area (Å²) in [5.74, 6) is 0.820. The zero-order valence-corrected chi connectivity index (χ0v) is 20.7. The number of carbonyl (C=O) groups excluding carboxylic acids is 1. The summed E-state index contributed by atoms with van der Waals surface area (Å²) >= 11 is 0. The standard InChI is InChI=1S/C27H28N8O/c1-5-18(2)27(36)34-10-8-33(9-11-34)25-7-6-20(14-29-25)23-12-21(24-16-30-32(4)19(24)3)17-35-26(23)22(13-28)15-31-35/h5-7,12,14-18H,1,8-11H2,2-4H3. The number of aromatic nitrogens is 5. The average molecular weight is 481 g/mol. The minimum absolute atomic E-state index is 0.120. The third kappa shape index (κ3) is 4.01. The minimum atomic E-state index is -0.168. The van der Waals surface area contributed by atoms with Crippen LogP contribution in [0.4, 0.5) is 5.82 Å². The Morgan fingerprint density at radius 1 is 1.11 bits per heavy atom. The van der Waals surface area contributed by atoms with Crippen molar-refractivity contribution in [2.24, 2.45) is 13.0 Å². The summed E-state index contributed by atoms with van der Waals surface area (Å²) in [6, 6.07) is 8.36. The van der Waals surface area contributed by atoms with Gasteiger partial charge in [0.05, 0.1) is 29.4 Å². The van der Waals surface area contributed by atoms with Gasteiger partial charge in [-0.15, -0.1) is 6.58 Å². The van der Waals surface area contributed by atoms with Crippen LogP contribution >= 0.6 is 0 Å². The summed E-state index contributed by atoms with van der Waals surface area (Å²) in [6.45, 7) is 10.4. The molecule has 1 saturated heterocycles. The van der Waals surface area contributed by atoms with E-state index in [0.717, 1.165) is 52.4 Å². The second-order valence-electron chi connectivity index (χ2n) is 9.11. The Morgan fingerprint density at radius 2 is 1.89 bits per heavy atom. The van der Waals surface area contributed by atoms with E-state index in [1.54, 1.807) is 16.8 Å². The lowest BCUT2D eigenvalue weighted by atomic mass is 10.0. The van der Waals surface area contributed by atoms with Gasteiger partial charge in [0, 0.05) is 73.6 Å². The van der Waals surface area contributed by atoms with E-state index in [4.69, 9.17) is 4.98 Å². The fourth-order valence-corrected chi connectivity index (χ4v) is 4.63. The molecule has 182 valence electrons. The Bertz CT molecular complexity index is 1480. The highest BCUT2D eigenvalue weighted by Crippen LogP contribution is 2.33. The summed E-state index contributed by atoms with van der Waals surface area (Å²) in [5, 5.41) is 18.5. The second kappa shape index (κ2) is 9.30. The minimum Gasteiger partial charge on any atom is -0.353 e. The highest BCUT2D eigenvalue weighted by Gasteiger charge is 2.24. The number of aryl methyl sites for hydroxylation is 1. The van der Waals surface area contributed by atoms with E-state index >= 15 is 0 Å². The zero-order valence-electron chi connectivity index (χ0n) is 20.7. The predicted molar refractivity (Wildman–Crippen MR) is 138 cm³/mol. The number of hydrogen-bond acceptors (Lipinski definition) is 6. The Morgan fingerprint density at radius 3 is 2.50 bits per heavy atom. The molecule has 1 aliphatic heterocycles. The van der Waals surface area contributed by atoms with Crippen LogP contribution in [-0.4, -0.2) is 61.4 Å². The molecule has 0 spiro atoms. The molecule has 0 aromatic carbocycles. The summed E-state index contributed by atoms with van der Waals surface area (Å²) in [6.07, 6.45) is 8.90. The highest BCUT2D eigenvalue weighted by atomic mass is 16.2. The van der Waals surface area contributed by atoms with E-state index in [0.29, 0.717) is 18.7 Å². The van der Waals surface area contributed by atoms with Crippen LogP contribution in [0.2, 0.25) is 0 Å². The first kappa shape index (κ1) is 23.3. The molecule has 0 bridgehead atoms. The van der Waals surface area contributed by atoms with Crippen LogP contribution in [0.3, 0.4) is 0 Å². The number of rotatable bonds is 5. The van der Waals surface area contributed by atoms with Gasteiger partial charge in [0.1, 0.15) is 11.9 Å². The number of anilines is 1. The maximum atomic E-state index is 12.4. The highest BCUT2D eigenvalue weighted by molar-refractivity contribution is 5.88. The van der Waals surface area contributed by atoms with Crippen LogP contribution in [0, 0.1) is 24.2 Å². The molecule has 0 radical (unpaired) electrons. The molecule has 9 heteroatoms. The molecule has 5 rings (SSSR count). The monoisotopic (exact) mass is 480 g/mol. The van der Waals surface area contributed by atoms with Gasteiger partial charge < -0.3 is 9.80 Å². The lowest BCUT2D eigenvalue weighted by Crippen LogP contribution is -2.50. The quantitative estimate of drug-likeness (QED) is 0.406. The number of piperazine rings is 1. The van der Waals surface area contributed by atoms with Crippen LogP contribution < -0.4 is 4.90 Å². The normalized spacial score (nSPS) is 14.6. The molecule has 1 aliphatic rings. The smallest absolute Gasteiger partial charge is 0.229 e. The molecule has 1 atom stereocenters. The van der Waals surface area contributed by atoms with Crippen molar-refractivity contribution in [3.05, 3.63) is 66.9 Å². The first-order chi connectivity index (χ1) is 17.4. The topological polar surface area (TPSA) is 95.4 Å². The van der Waals surface area contributed by atoms with Gasteiger partial charge in [0.25, 0.3) is 0 Å². The Labute approximate surface area is 209 Å². The van der Waals surface area contributed by atoms with Crippen molar-refractivity contribution < 1.29 is 4.79 Å². The lowest BCUT2D eigenvalue weighted by molar-refractivity contribution is -0.133. The van der Waals surface area contributed by atoms with Crippen molar-refractivity contribution in [1.82, 2.24) is 29.3 Å². The number of pyridine rings is 2. The zero-order chi connectivity index (χ0) is 25.4. The van der Waals surface area contributed by atoms with Crippen molar-refractivity contribution in [3.63, 3.8) is 0 Å². The first-order valence-corrected chi connectivity index (χ1v) is 11.9. The number of amides is 1. The molecule has 0 saturated carbocycles. The van der Waals surface area contributed by atoms with E-state index in [-0.39, 0.29) is 11.8 Å². The number of nitrogens with zero attached hydrogens (tertiary/aromatic N) is 8. The van der Waals surface area contributed by atoms with Gasteiger partial charge in [0.2, 0.25) is 5.91 Å². The van der Waals surface area contributed by atoms with Gasteiger partial charge in [-0.1, -0.05) is 13.0 Å². The van der Waals surface area contributed by atoms with Crippen molar-refractivity contribution >= 4 is 17.2 Å². The van der Waals surface area contributed by atoms with Crippen molar-refractivity contribution in [3.8, 4) is 28.3 Å². The Kier molecular flexibility index (Phi) is 6.02.